The molecule has 0 spiro atoms. The van der Waals surface area contributed by atoms with Gasteiger partial charge in [-0.3, -0.25) is 0 Å². The van der Waals surface area contributed by atoms with Gasteiger partial charge >= 0.3 is 0 Å². The van der Waals surface area contributed by atoms with Gasteiger partial charge in [0.05, 0.1) is 6.10 Å². The van der Waals surface area contributed by atoms with E-state index in [9.17, 15) is 0 Å². The van der Waals surface area contributed by atoms with E-state index < -0.39 is 0 Å². The van der Waals surface area contributed by atoms with E-state index in [0.717, 1.165) is 22.5 Å². The molecular formula is C16H18BrNO. The van der Waals surface area contributed by atoms with Crippen LogP contribution in [0.25, 0.3) is 0 Å². The second-order valence-corrected chi connectivity index (χ2v) is 5.59. The molecule has 0 atom stereocenters. The monoisotopic (exact) mass is 319 g/mol. The number of benzene rings is 2. The highest BCUT2D eigenvalue weighted by Crippen LogP contribution is 2.18. The number of hydrogen-bond acceptors (Lipinski definition) is 2. The van der Waals surface area contributed by atoms with Crippen molar-refractivity contribution in [2.24, 2.45) is 0 Å². The maximum Gasteiger partial charge on any atom is 0.119 e. The standard InChI is InChI=1S/C16H18BrNO/c1-12(2)19-16-8-6-13(7-9-16)11-18-15-5-3-4-14(17)10-15/h3-10,12,18H,11H2,1-2H3. The molecule has 19 heavy (non-hydrogen) atoms. The van der Waals surface area contributed by atoms with E-state index in [-0.39, 0.29) is 6.10 Å². The molecule has 0 radical (unpaired) electrons. The first-order chi connectivity index (χ1) is 9.13. The molecule has 2 aromatic carbocycles. The first-order valence-corrected chi connectivity index (χ1v) is 7.18. The Labute approximate surface area is 122 Å². The predicted molar refractivity (Wildman–Crippen MR) is 83.7 cm³/mol. The second kappa shape index (κ2) is 6.62. The Morgan fingerprint density at radius 3 is 2.47 bits per heavy atom. The van der Waals surface area contributed by atoms with E-state index in [1.54, 1.807) is 0 Å². The fraction of sp³-hybridized carbons (Fsp3) is 0.250. The summed E-state index contributed by atoms with van der Waals surface area (Å²) >= 11 is 3.46. The quantitative estimate of drug-likeness (QED) is 0.850. The van der Waals surface area contributed by atoms with Crippen molar-refractivity contribution in [1.29, 1.82) is 0 Å². The zero-order valence-electron chi connectivity index (χ0n) is 11.2. The molecule has 2 rings (SSSR count). The highest BCUT2D eigenvalue weighted by atomic mass is 79.9. The van der Waals surface area contributed by atoms with Crippen molar-refractivity contribution in [3.8, 4) is 5.75 Å². The van der Waals surface area contributed by atoms with E-state index in [0.29, 0.717) is 0 Å². The van der Waals surface area contributed by atoms with Gasteiger partial charge in [-0.15, -0.1) is 0 Å². The van der Waals surface area contributed by atoms with Gasteiger partial charge in [0.2, 0.25) is 0 Å². The summed E-state index contributed by atoms with van der Waals surface area (Å²) in [5.41, 5.74) is 2.34. The molecule has 2 nitrogen and oxygen atoms in total. The molecule has 0 fully saturated rings. The number of anilines is 1. The minimum absolute atomic E-state index is 0.214. The summed E-state index contributed by atoms with van der Waals surface area (Å²) in [7, 11) is 0. The fourth-order valence-corrected chi connectivity index (χ4v) is 2.16. The highest BCUT2D eigenvalue weighted by Gasteiger charge is 1.99. The number of nitrogens with one attached hydrogen (secondary N) is 1. The van der Waals surface area contributed by atoms with Gasteiger partial charge in [-0.2, -0.15) is 0 Å². The Bertz CT molecular complexity index is 523. The van der Waals surface area contributed by atoms with Crippen LogP contribution in [-0.4, -0.2) is 6.10 Å². The van der Waals surface area contributed by atoms with Crippen molar-refractivity contribution < 1.29 is 4.74 Å². The SMILES string of the molecule is CC(C)Oc1ccc(CNc2cccc(Br)c2)cc1. The minimum Gasteiger partial charge on any atom is -0.491 e. The van der Waals surface area contributed by atoms with E-state index in [1.807, 2.05) is 38.1 Å². The zero-order chi connectivity index (χ0) is 13.7. The molecule has 0 aromatic heterocycles. The molecule has 100 valence electrons. The lowest BCUT2D eigenvalue weighted by Gasteiger charge is -2.11. The van der Waals surface area contributed by atoms with Gasteiger partial charge in [0.1, 0.15) is 5.75 Å². The molecule has 0 amide bonds. The Hall–Kier alpha value is -1.48. The molecule has 0 heterocycles. The van der Waals surface area contributed by atoms with Gasteiger partial charge in [0.25, 0.3) is 0 Å². The van der Waals surface area contributed by atoms with Crippen molar-refractivity contribution in [2.75, 3.05) is 5.32 Å². The largest absolute Gasteiger partial charge is 0.491 e. The molecule has 0 saturated heterocycles. The van der Waals surface area contributed by atoms with Gasteiger partial charge in [-0.05, 0) is 49.7 Å². The van der Waals surface area contributed by atoms with Gasteiger partial charge in [0, 0.05) is 16.7 Å². The van der Waals surface area contributed by atoms with Crippen LogP contribution >= 0.6 is 15.9 Å². The fourth-order valence-electron chi connectivity index (χ4n) is 1.76. The summed E-state index contributed by atoms with van der Waals surface area (Å²) in [6.07, 6.45) is 0.214. The average molecular weight is 320 g/mol. The van der Waals surface area contributed by atoms with Crippen LogP contribution < -0.4 is 10.1 Å². The highest BCUT2D eigenvalue weighted by molar-refractivity contribution is 9.10. The molecule has 0 aliphatic rings. The summed E-state index contributed by atoms with van der Waals surface area (Å²) in [6.45, 7) is 4.86. The Morgan fingerprint density at radius 1 is 1.11 bits per heavy atom. The van der Waals surface area contributed by atoms with Crippen molar-refractivity contribution >= 4 is 21.6 Å². The molecule has 0 saturated carbocycles. The number of rotatable bonds is 5. The first-order valence-electron chi connectivity index (χ1n) is 6.38. The number of hydrogen-bond donors (Lipinski definition) is 1. The molecule has 3 heteroatoms. The van der Waals surface area contributed by atoms with Crippen LogP contribution in [0, 0.1) is 0 Å². The lowest BCUT2D eigenvalue weighted by atomic mass is 10.2. The maximum absolute atomic E-state index is 5.62. The third kappa shape index (κ3) is 4.60. The maximum atomic E-state index is 5.62. The number of halogens is 1. The van der Waals surface area contributed by atoms with Crippen LogP contribution in [0.4, 0.5) is 5.69 Å². The summed E-state index contributed by atoms with van der Waals surface area (Å²) in [6, 6.07) is 16.4. The van der Waals surface area contributed by atoms with Gasteiger partial charge < -0.3 is 10.1 Å². The third-order valence-electron chi connectivity index (χ3n) is 2.62. The van der Waals surface area contributed by atoms with E-state index in [1.165, 1.54) is 5.56 Å². The molecule has 0 aliphatic heterocycles. The van der Waals surface area contributed by atoms with Crippen LogP contribution in [-0.2, 0) is 6.54 Å². The lowest BCUT2D eigenvalue weighted by Crippen LogP contribution is -2.05. The van der Waals surface area contributed by atoms with Crippen LogP contribution in [0.2, 0.25) is 0 Å². The van der Waals surface area contributed by atoms with Crippen molar-refractivity contribution in [1.82, 2.24) is 0 Å². The van der Waals surface area contributed by atoms with Crippen LogP contribution in [0.1, 0.15) is 19.4 Å². The third-order valence-corrected chi connectivity index (χ3v) is 3.11. The van der Waals surface area contributed by atoms with Gasteiger partial charge in [-0.1, -0.05) is 34.1 Å². The first kappa shape index (κ1) is 13.9. The molecule has 0 bridgehead atoms. The Kier molecular flexibility index (Phi) is 4.86. The molecule has 2 aromatic rings. The normalized spacial score (nSPS) is 10.5. The van der Waals surface area contributed by atoms with E-state index in [4.69, 9.17) is 4.74 Å². The number of ether oxygens (including phenoxy) is 1. The molecular weight excluding hydrogens is 302 g/mol. The topological polar surface area (TPSA) is 21.3 Å². The zero-order valence-corrected chi connectivity index (χ0v) is 12.8. The molecule has 0 aliphatic carbocycles. The Morgan fingerprint density at radius 2 is 1.84 bits per heavy atom. The van der Waals surface area contributed by atoms with E-state index >= 15 is 0 Å². The van der Waals surface area contributed by atoms with Crippen molar-refractivity contribution in [3.05, 3.63) is 58.6 Å². The van der Waals surface area contributed by atoms with Crippen LogP contribution in [0.5, 0.6) is 5.75 Å². The van der Waals surface area contributed by atoms with Crippen LogP contribution in [0.15, 0.2) is 53.0 Å². The molecule has 1 N–H and O–H groups in total. The summed E-state index contributed by atoms with van der Waals surface area (Å²) in [4.78, 5) is 0. The van der Waals surface area contributed by atoms with Crippen molar-refractivity contribution in [2.45, 2.75) is 26.5 Å². The minimum atomic E-state index is 0.214. The smallest absolute Gasteiger partial charge is 0.119 e. The summed E-state index contributed by atoms with van der Waals surface area (Å²) < 4.78 is 6.70. The van der Waals surface area contributed by atoms with Crippen molar-refractivity contribution in [3.63, 3.8) is 0 Å². The van der Waals surface area contributed by atoms with E-state index in [2.05, 4.69) is 45.5 Å². The lowest BCUT2D eigenvalue weighted by molar-refractivity contribution is 0.242. The van der Waals surface area contributed by atoms with Gasteiger partial charge in [-0.25, -0.2) is 0 Å². The average Bonchev–Trinajstić information content (AvgIpc) is 2.37. The van der Waals surface area contributed by atoms with Crippen LogP contribution in [0.3, 0.4) is 0 Å². The Balaban J connectivity index is 1.93. The summed E-state index contributed by atoms with van der Waals surface area (Å²) in [5.74, 6) is 0.918. The second-order valence-electron chi connectivity index (χ2n) is 4.67. The summed E-state index contributed by atoms with van der Waals surface area (Å²) in [5, 5.41) is 3.39. The predicted octanol–water partition coefficient (Wildman–Crippen LogP) is 4.85. The molecule has 0 unspecified atom stereocenters. The van der Waals surface area contributed by atoms with Gasteiger partial charge in [0.15, 0.2) is 0 Å².